The molecule has 21 heavy (non-hydrogen) atoms. The Morgan fingerprint density at radius 2 is 2.14 bits per heavy atom. The number of carbonyl (C=O) groups is 2. The normalized spacial score (nSPS) is 18.4. The van der Waals surface area contributed by atoms with Gasteiger partial charge in [-0.05, 0) is 31.0 Å². The molecule has 2 heterocycles. The molecule has 5 nitrogen and oxygen atoms in total. The zero-order chi connectivity index (χ0) is 15.1. The molecule has 0 bridgehead atoms. The van der Waals surface area contributed by atoms with Crippen LogP contribution in [0.4, 0.5) is 4.39 Å². The number of aromatic nitrogens is 1. The molecule has 0 saturated carbocycles. The Bertz CT molecular complexity index is 743. The van der Waals surface area contributed by atoms with Crippen molar-refractivity contribution in [1.29, 1.82) is 0 Å². The number of carbonyl (C=O) groups excluding carboxylic acids is 1. The van der Waals surface area contributed by atoms with Gasteiger partial charge in [0, 0.05) is 16.4 Å². The monoisotopic (exact) mass is 354 g/mol. The van der Waals surface area contributed by atoms with Gasteiger partial charge in [-0.25, -0.2) is 9.18 Å². The van der Waals surface area contributed by atoms with Crippen molar-refractivity contribution in [3.8, 4) is 0 Å². The Morgan fingerprint density at radius 1 is 1.38 bits per heavy atom. The number of nitrogens with zero attached hydrogens (tertiary/aromatic N) is 1. The van der Waals surface area contributed by atoms with E-state index in [2.05, 4.69) is 20.9 Å². The van der Waals surface area contributed by atoms with Crippen molar-refractivity contribution in [1.82, 2.24) is 9.88 Å². The first-order valence-corrected chi connectivity index (χ1v) is 7.28. The summed E-state index contributed by atoms with van der Waals surface area (Å²) in [5, 5.41) is 9.44. The third-order valence-corrected chi connectivity index (χ3v) is 4.14. The van der Waals surface area contributed by atoms with E-state index in [1.54, 1.807) is 6.07 Å². The number of halogens is 2. The first-order valence-electron chi connectivity index (χ1n) is 6.49. The van der Waals surface area contributed by atoms with Crippen LogP contribution in [-0.2, 0) is 4.79 Å². The highest BCUT2D eigenvalue weighted by Crippen LogP contribution is 2.26. The Kier molecular flexibility index (Phi) is 3.44. The predicted molar refractivity (Wildman–Crippen MR) is 77.7 cm³/mol. The molecule has 1 saturated heterocycles. The van der Waals surface area contributed by atoms with E-state index in [1.165, 1.54) is 17.0 Å². The number of H-pyrrole nitrogens is 1. The molecule has 0 radical (unpaired) electrons. The van der Waals surface area contributed by atoms with Crippen molar-refractivity contribution < 1.29 is 19.1 Å². The standard InChI is InChI=1S/C14H12BrFN2O3/c15-7-4-9(16)8-6-11(17-10(8)5-7)13(19)18-3-1-2-12(18)14(20)21/h4-6,12,17H,1-3H2,(H,20,21). The molecular weight excluding hydrogens is 343 g/mol. The summed E-state index contributed by atoms with van der Waals surface area (Å²) in [4.78, 5) is 27.8. The molecule has 1 unspecified atom stereocenters. The zero-order valence-corrected chi connectivity index (χ0v) is 12.5. The molecule has 1 aromatic carbocycles. The first kappa shape index (κ1) is 14.1. The van der Waals surface area contributed by atoms with Crippen molar-refractivity contribution in [3.63, 3.8) is 0 Å². The van der Waals surface area contributed by atoms with Gasteiger partial charge in [0.1, 0.15) is 17.6 Å². The third-order valence-electron chi connectivity index (χ3n) is 3.68. The minimum absolute atomic E-state index is 0.204. The van der Waals surface area contributed by atoms with E-state index < -0.39 is 23.7 Å². The van der Waals surface area contributed by atoms with Gasteiger partial charge in [-0.3, -0.25) is 4.79 Å². The lowest BCUT2D eigenvalue weighted by molar-refractivity contribution is -0.141. The predicted octanol–water partition coefficient (Wildman–Crippen LogP) is 2.76. The molecule has 2 N–H and O–H groups in total. The highest BCUT2D eigenvalue weighted by atomic mass is 79.9. The summed E-state index contributed by atoms with van der Waals surface area (Å²) in [7, 11) is 0. The van der Waals surface area contributed by atoms with Gasteiger partial charge in [-0.15, -0.1) is 0 Å². The number of aliphatic carboxylic acids is 1. The molecule has 110 valence electrons. The molecule has 1 amide bonds. The van der Waals surface area contributed by atoms with Crippen molar-refractivity contribution >= 4 is 38.7 Å². The van der Waals surface area contributed by atoms with Gasteiger partial charge in [0.2, 0.25) is 0 Å². The number of aromatic amines is 1. The second-order valence-electron chi connectivity index (χ2n) is 5.03. The number of amides is 1. The zero-order valence-electron chi connectivity index (χ0n) is 10.9. The fourth-order valence-corrected chi connectivity index (χ4v) is 3.13. The summed E-state index contributed by atoms with van der Waals surface area (Å²) in [6, 6.07) is 3.62. The smallest absolute Gasteiger partial charge is 0.326 e. The molecule has 3 rings (SSSR count). The number of carboxylic acids is 1. The molecular formula is C14H12BrFN2O3. The van der Waals surface area contributed by atoms with Crippen LogP contribution in [0, 0.1) is 5.82 Å². The van der Waals surface area contributed by atoms with Crippen LogP contribution in [0.1, 0.15) is 23.3 Å². The van der Waals surface area contributed by atoms with Gasteiger partial charge in [0.25, 0.3) is 5.91 Å². The summed E-state index contributed by atoms with van der Waals surface area (Å²) in [5.41, 5.74) is 0.700. The molecule has 0 spiro atoms. The Labute approximate surface area is 127 Å². The number of hydrogen-bond acceptors (Lipinski definition) is 2. The van der Waals surface area contributed by atoms with E-state index in [1.807, 2.05) is 0 Å². The quantitative estimate of drug-likeness (QED) is 0.870. The topological polar surface area (TPSA) is 73.4 Å². The Morgan fingerprint density at radius 3 is 2.86 bits per heavy atom. The van der Waals surface area contributed by atoms with Crippen LogP contribution in [0.2, 0.25) is 0 Å². The van der Waals surface area contributed by atoms with E-state index in [-0.39, 0.29) is 5.69 Å². The van der Waals surface area contributed by atoms with E-state index in [0.29, 0.717) is 34.8 Å². The van der Waals surface area contributed by atoms with Crippen LogP contribution >= 0.6 is 15.9 Å². The number of fused-ring (bicyclic) bond motifs is 1. The van der Waals surface area contributed by atoms with Gasteiger partial charge in [0.15, 0.2) is 0 Å². The molecule has 2 aromatic rings. The molecule has 1 atom stereocenters. The van der Waals surface area contributed by atoms with Crippen molar-refractivity contribution in [2.45, 2.75) is 18.9 Å². The van der Waals surface area contributed by atoms with Gasteiger partial charge >= 0.3 is 5.97 Å². The fourth-order valence-electron chi connectivity index (χ4n) is 2.70. The van der Waals surface area contributed by atoms with Gasteiger partial charge in [-0.2, -0.15) is 0 Å². The minimum Gasteiger partial charge on any atom is -0.480 e. The summed E-state index contributed by atoms with van der Waals surface area (Å²) in [6.45, 7) is 0.400. The third kappa shape index (κ3) is 2.42. The highest BCUT2D eigenvalue weighted by Gasteiger charge is 2.35. The largest absolute Gasteiger partial charge is 0.480 e. The number of benzene rings is 1. The molecule has 1 aliphatic heterocycles. The highest BCUT2D eigenvalue weighted by molar-refractivity contribution is 9.10. The van der Waals surface area contributed by atoms with E-state index in [0.717, 1.165) is 0 Å². The SMILES string of the molecule is O=C(O)C1CCCN1C(=O)c1cc2c(F)cc(Br)cc2[nH]1. The summed E-state index contributed by atoms with van der Waals surface area (Å²) in [6.07, 6.45) is 1.10. The maximum Gasteiger partial charge on any atom is 0.326 e. The summed E-state index contributed by atoms with van der Waals surface area (Å²) in [5.74, 6) is -1.86. The summed E-state index contributed by atoms with van der Waals surface area (Å²) < 4.78 is 14.4. The average molecular weight is 355 g/mol. The Hall–Kier alpha value is -1.89. The van der Waals surface area contributed by atoms with Crippen LogP contribution in [0.3, 0.4) is 0 Å². The number of rotatable bonds is 2. The van der Waals surface area contributed by atoms with Gasteiger partial charge < -0.3 is 15.0 Å². The molecule has 1 aliphatic rings. The number of carboxylic acid groups (broad SMARTS) is 1. The van der Waals surface area contributed by atoms with E-state index in [4.69, 9.17) is 5.11 Å². The average Bonchev–Trinajstić information content (AvgIpc) is 3.03. The summed E-state index contributed by atoms with van der Waals surface area (Å²) >= 11 is 3.19. The van der Waals surface area contributed by atoms with Crippen LogP contribution in [0.25, 0.3) is 10.9 Å². The number of nitrogens with one attached hydrogen (secondary N) is 1. The number of hydrogen-bond donors (Lipinski definition) is 2. The van der Waals surface area contributed by atoms with Crippen molar-refractivity contribution in [3.05, 3.63) is 34.2 Å². The lowest BCUT2D eigenvalue weighted by atomic mass is 10.2. The van der Waals surface area contributed by atoms with Crippen LogP contribution in [0.15, 0.2) is 22.7 Å². The fraction of sp³-hybridized carbons (Fsp3) is 0.286. The van der Waals surface area contributed by atoms with Crippen LogP contribution in [-0.4, -0.2) is 39.5 Å². The van der Waals surface area contributed by atoms with Crippen molar-refractivity contribution in [2.24, 2.45) is 0 Å². The molecule has 1 fully saturated rings. The second-order valence-corrected chi connectivity index (χ2v) is 5.94. The number of likely N-dealkylation sites (tertiary alicyclic amines) is 1. The van der Waals surface area contributed by atoms with E-state index in [9.17, 15) is 14.0 Å². The maximum absolute atomic E-state index is 13.8. The molecule has 7 heteroatoms. The lowest BCUT2D eigenvalue weighted by Gasteiger charge is -2.20. The van der Waals surface area contributed by atoms with Crippen LogP contribution in [0.5, 0.6) is 0 Å². The van der Waals surface area contributed by atoms with Gasteiger partial charge in [0.05, 0.1) is 5.52 Å². The first-order chi connectivity index (χ1) is 9.97. The molecule has 1 aromatic heterocycles. The maximum atomic E-state index is 13.8. The molecule has 0 aliphatic carbocycles. The second kappa shape index (κ2) is 5.14. The van der Waals surface area contributed by atoms with Crippen LogP contribution < -0.4 is 0 Å². The lowest BCUT2D eigenvalue weighted by Crippen LogP contribution is -2.40. The minimum atomic E-state index is -1.01. The van der Waals surface area contributed by atoms with E-state index >= 15 is 0 Å². The van der Waals surface area contributed by atoms with Crippen molar-refractivity contribution in [2.75, 3.05) is 6.54 Å². The Balaban J connectivity index is 1.98. The van der Waals surface area contributed by atoms with Gasteiger partial charge in [-0.1, -0.05) is 15.9 Å².